The van der Waals surface area contributed by atoms with Gasteiger partial charge in [-0.2, -0.15) is 0 Å². The standard InChI is InChI=1S/C27H16N4Se2/c1-3-8-21-17(6-1)27(19-11-14-32-24(19)25-20(27)12-15-33-25)18-7-2-4-9-22(18)31(21)30-16-29-26-23(30)10-5-13-28-26/h1-16H. The Morgan fingerprint density at radius 3 is 1.94 bits per heavy atom. The quantitative estimate of drug-likeness (QED) is 0.273. The molecule has 0 atom stereocenters. The molecule has 0 unspecified atom stereocenters. The Morgan fingerprint density at radius 1 is 0.636 bits per heavy atom. The Bertz CT molecular complexity index is 1620. The molecule has 1 spiro atoms. The zero-order chi connectivity index (χ0) is 21.6. The summed E-state index contributed by atoms with van der Waals surface area (Å²) < 4.78 is 5.37. The Kier molecular flexibility index (Phi) is 3.59. The maximum atomic E-state index is 4.61. The average Bonchev–Trinajstić information content (AvgIpc) is 3.64. The molecule has 0 fully saturated rings. The van der Waals surface area contributed by atoms with Crippen molar-refractivity contribution in [1.29, 1.82) is 0 Å². The molecular formula is C27H16N4Se2. The molecule has 4 nitrogen and oxygen atoms in total. The van der Waals surface area contributed by atoms with Crippen LogP contribution in [0.2, 0.25) is 0 Å². The molecule has 0 radical (unpaired) electrons. The van der Waals surface area contributed by atoms with E-state index < -0.39 is 0 Å². The summed E-state index contributed by atoms with van der Waals surface area (Å²) in [5.41, 5.74) is 9.58. The minimum absolute atomic E-state index is 0.244. The molecule has 0 saturated carbocycles. The Hall–Kier alpha value is -3.14. The predicted molar refractivity (Wildman–Crippen MR) is 133 cm³/mol. The maximum absolute atomic E-state index is 4.61. The van der Waals surface area contributed by atoms with Gasteiger partial charge in [0, 0.05) is 0 Å². The van der Waals surface area contributed by atoms with E-state index in [0.717, 1.165) is 11.2 Å². The molecule has 0 saturated heterocycles. The van der Waals surface area contributed by atoms with E-state index in [1.807, 2.05) is 12.4 Å². The van der Waals surface area contributed by atoms with E-state index in [0.29, 0.717) is 29.0 Å². The fraction of sp³-hybridized carbons (Fsp3) is 0.0370. The molecular weight excluding hydrogens is 538 g/mol. The predicted octanol–water partition coefficient (Wildman–Crippen LogP) is 4.82. The van der Waals surface area contributed by atoms with E-state index in [9.17, 15) is 0 Å². The van der Waals surface area contributed by atoms with Crippen LogP contribution >= 0.6 is 0 Å². The topological polar surface area (TPSA) is 34.0 Å². The van der Waals surface area contributed by atoms with Gasteiger partial charge in [0.15, 0.2) is 0 Å². The molecule has 2 aromatic carbocycles. The van der Waals surface area contributed by atoms with Crippen molar-refractivity contribution in [3.8, 4) is 8.87 Å². The Balaban J connectivity index is 1.54. The van der Waals surface area contributed by atoms with Crippen molar-refractivity contribution < 1.29 is 0 Å². The average molecular weight is 554 g/mol. The SMILES string of the molecule is c1ccc2c(c1)N(n1cnc3ncccc31)c1ccccc1C21c2cc[se]c2-c2[se]ccc21. The van der Waals surface area contributed by atoms with E-state index >= 15 is 0 Å². The molecule has 1 aliphatic heterocycles. The van der Waals surface area contributed by atoms with Crippen LogP contribution in [0.5, 0.6) is 0 Å². The molecule has 6 aromatic rings. The number of pyridine rings is 1. The normalized spacial score (nSPS) is 14.8. The van der Waals surface area contributed by atoms with Crippen LogP contribution in [0.1, 0.15) is 22.3 Å². The monoisotopic (exact) mass is 556 g/mol. The van der Waals surface area contributed by atoms with E-state index in [1.165, 1.54) is 33.6 Å². The van der Waals surface area contributed by atoms with Gasteiger partial charge < -0.3 is 0 Å². The second kappa shape index (κ2) is 6.47. The first kappa shape index (κ1) is 18.3. The number of para-hydroxylation sites is 2. The summed E-state index contributed by atoms with van der Waals surface area (Å²) in [4.78, 5) is 13.9. The van der Waals surface area contributed by atoms with Crippen molar-refractivity contribution in [3.05, 3.63) is 117 Å². The number of anilines is 2. The summed E-state index contributed by atoms with van der Waals surface area (Å²) in [7, 11) is 0. The van der Waals surface area contributed by atoms with Gasteiger partial charge in [0.2, 0.25) is 0 Å². The van der Waals surface area contributed by atoms with Gasteiger partial charge in [-0.05, 0) is 0 Å². The third-order valence-corrected chi connectivity index (χ3v) is 11.5. The van der Waals surface area contributed by atoms with E-state index in [1.54, 1.807) is 15.1 Å². The van der Waals surface area contributed by atoms with E-state index in [-0.39, 0.29) is 5.41 Å². The van der Waals surface area contributed by atoms with Gasteiger partial charge in [0.1, 0.15) is 0 Å². The third kappa shape index (κ3) is 2.13. The molecule has 8 rings (SSSR count). The molecule has 4 aromatic heterocycles. The van der Waals surface area contributed by atoms with Crippen LogP contribution < -0.4 is 5.01 Å². The second-order valence-electron chi connectivity index (χ2n) is 8.36. The summed E-state index contributed by atoms with van der Waals surface area (Å²) in [6, 6.07) is 26.7. The van der Waals surface area contributed by atoms with Crippen LogP contribution in [0.4, 0.5) is 11.4 Å². The van der Waals surface area contributed by atoms with Gasteiger partial charge in [-0.3, -0.25) is 0 Å². The molecule has 5 heterocycles. The van der Waals surface area contributed by atoms with Crippen molar-refractivity contribution in [2.45, 2.75) is 5.41 Å². The van der Waals surface area contributed by atoms with Gasteiger partial charge >= 0.3 is 203 Å². The first-order valence-electron chi connectivity index (χ1n) is 10.8. The van der Waals surface area contributed by atoms with Gasteiger partial charge in [-0.25, -0.2) is 0 Å². The van der Waals surface area contributed by atoms with Gasteiger partial charge in [0.25, 0.3) is 0 Å². The molecule has 0 amide bonds. The van der Waals surface area contributed by atoms with E-state index in [4.69, 9.17) is 0 Å². The van der Waals surface area contributed by atoms with Crippen LogP contribution in [-0.4, -0.2) is 43.7 Å². The van der Waals surface area contributed by atoms with Crippen LogP contribution in [0.3, 0.4) is 0 Å². The van der Waals surface area contributed by atoms with Crippen molar-refractivity contribution in [2.24, 2.45) is 0 Å². The van der Waals surface area contributed by atoms with Crippen molar-refractivity contribution >= 4 is 51.5 Å². The van der Waals surface area contributed by atoms with Crippen molar-refractivity contribution in [2.75, 3.05) is 5.01 Å². The second-order valence-corrected chi connectivity index (χ2v) is 12.2. The molecule has 33 heavy (non-hydrogen) atoms. The Labute approximate surface area is 202 Å². The zero-order valence-electron chi connectivity index (χ0n) is 17.3. The number of aromatic nitrogens is 3. The molecule has 0 bridgehead atoms. The number of hydrogen-bond acceptors (Lipinski definition) is 3. The van der Waals surface area contributed by atoms with Crippen LogP contribution in [-0.2, 0) is 5.41 Å². The zero-order valence-corrected chi connectivity index (χ0v) is 20.8. The number of imidazole rings is 1. The summed E-state index contributed by atoms with van der Waals surface area (Å²) in [6.07, 6.45) is 3.69. The van der Waals surface area contributed by atoms with Crippen LogP contribution in [0, 0.1) is 0 Å². The number of fused-ring (bicyclic) bond motifs is 10. The summed E-state index contributed by atoms with van der Waals surface area (Å²) in [5, 5.41) is 2.32. The van der Waals surface area contributed by atoms with Crippen LogP contribution in [0.25, 0.3) is 20.0 Å². The van der Waals surface area contributed by atoms with Gasteiger partial charge in [-0.15, -0.1) is 0 Å². The number of nitrogens with zero attached hydrogens (tertiary/aromatic N) is 4. The molecule has 2 aliphatic rings. The van der Waals surface area contributed by atoms with E-state index in [2.05, 4.69) is 96.3 Å². The first-order valence-corrected chi connectivity index (χ1v) is 14.5. The third-order valence-electron chi connectivity index (χ3n) is 6.93. The van der Waals surface area contributed by atoms with Gasteiger partial charge in [-0.1, -0.05) is 0 Å². The number of rotatable bonds is 1. The fourth-order valence-electron chi connectivity index (χ4n) is 5.74. The van der Waals surface area contributed by atoms with Crippen LogP contribution in [0.15, 0.2) is 95.2 Å². The minimum atomic E-state index is -0.244. The molecule has 156 valence electrons. The number of benzene rings is 2. The summed E-state index contributed by atoms with van der Waals surface area (Å²) in [5.74, 6) is 0. The Morgan fingerprint density at radius 2 is 1.27 bits per heavy atom. The summed E-state index contributed by atoms with van der Waals surface area (Å²) >= 11 is 0.834. The fourth-order valence-corrected chi connectivity index (χ4v) is 10.6. The van der Waals surface area contributed by atoms with Crippen molar-refractivity contribution in [3.63, 3.8) is 0 Å². The first-order chi connectivity index (χ1) is 16.4. The number of hydrogen-bond donors (Lipinski definition) is 0. The molecule has 0 N–H and O–H groups in total. The molecule has 1 aliphatic carbocycles. The van der Waals surface area contributed by atoms with Gasteiger partial charge in [0.05, 0.1) is 0 Å². The summed E-state index contributed by atoms with van der Waals surface area (Å²) in [6.45, 7) is 0. The molecule has 6 heteroatoms. The van der Waals surface area contributed by atoms with Crippen molar-refractivity contribution in [1.82, 2.24) is 14.6 Å².